The van der Waals surface area contributed by atoms with E-state index in [0.29, 0.717) is 5.56 Å². The maximum Gasteiger partial charge on any atom is 0.416 e. The van der Waals surface area contributed by atoms with E-state index in [0.717, 1.165) is 17.7 Å². The van der Waals surface area contributed by atoms with Crippen LogP contribution >= 0.6 is 0 Å². The van der Waals surface area contributed by atoms with Gasteiger partial charge in [0.2, 0.25) is 0 Å². The lowest BCUT2D eigenvalue weighted by atomic mass is 9.87. The van der Waals surface area contributed by atoms with Crippen LogP contribution in [0.1, 0.15) is 29.0 Å². The Morgan fingerprint density at radius 2 is 1.64 bits per heavy atom. The number of ketones is 1. The van der Waals surface area contributed by atoms with E-state index in [4.69, 9.17) is 0 Å². The highest BCUT2D eigenvalue weighted by molar-refractivity contribution is 5.89. The number of benzene rings is 2. The molecule has 0 heterocycles. The van der Waals surface area contributed by atoms with E-state index in [9.17, 15) is 23.1 Å². The first-order chi connectivity index (χ1) is 11.9. The summed E-state index contributed by atoms with van der Waals surface area (Å²) < 4.78 is 37.8. The first-order valence-corrected chi connectivity index (χ1v) is 7.97. The zero-order valence-electron chi connectivity index (χ0n) is 13.3. The molecule has 0 saturated heterocycles. The van der Waals surface area contributed by atoms with Gasteiger partial charge in [-0.05, 0) is 23.3 Å². The van der Waals surface area contributed by atoms with Gasteiger partial charge in [0, 0.05) is 12.3 Å². The van der Waals surface area contributed by atoms with Gasteiger partial charge < -0.3 is 5.11 Å². The van der Waals surface area contributed by atoms with E-state index in [1.807, 2.05) is 30.3 Å². The molecule has 25 heavy (non-hydrogen) atoms. The second kappa shape index (κ2) is 6.84. The maximum atomic E-state index is 12.6. The van der Waals surface area contributed by atoms with Gasteiger partial charge in [0.1, 0.15) is 5.78 Å². The highest BCUT2D eigenvalue weighted by Crippen LogP contribution is 2.38. The monoisotopic (exact) mass is 346 g/mol. The number of halogens is 3. The number of hydrogen-bond donors (Lipinski definition) is 1. The van der Waals surface area contributed by atoms with Gasteiger partial charge in [-0.15, -0.1) is 0 Å². The molecule has 2 nitrogen and oxygen atoms in total. The van der Waals surface area contributed by atoms with Crippen molar-refractivity contribution in [2.24, 2.45) is 5.92 Å². The first-order valence-electron chi connectivity index (χ1n) is 7.97. The number of aliphatic hydroxyl groups excluding tert-OH is 1. The van der Waals surface area contributed by atoms with Crippen LogP contribution in [0.25, 0.3) is 6.08 Å². The lowest BCUT2D eigenvalue weighted by Gasteiger charge is -2.17. The topological polar surface area (TPSA) is 37.3 Å². The van der Waals surface area contributed by atoms with Gasteiger partial charge in [0.25, 0.3) is 0 Å². The van der Waals surface area contributed by atoms with E-state index < -0.39 is 29.7 Å². The lowest BCUT2D eigenvalue weighted by Crippen LogP contribution is -2.16. The molecule has 2 aromatic carbocycles. The molecule has 0 amide bonds. The van der Waals surface area contributed by atoms with Gasteiger partial charge in [0.05, 0.1) is 17.6 Å². The SMILES string of the molecule is O=C1C[C@H](O)[C@H](/C=C/c2ccc(C(F)(F)F)cc2)[C@H]1c1ccccc1. The van der Waals surface area contributed by atoms with Crippen LogP contribution in [-0.2, 0) is 11.0 Å². The van der Waals surface area contributed by atoms with Crippen molar-refractivity contribution in [1.82, 2.24) is 0 Å². The molecule has 130 valence electrons. The quantitative estimate of drug-likeness (QED) is 0.891. The zero-order valence-corrected chi connectivity index (χ0v) is 13.3. The number of rotatable bonds is 3. The Balaban J connectivity index is 1.82. The fourth-order valence-corrected chi connectivity index (χ4v) is 3.22. The summed E-state index contributed by atoms with van der Waals surface area (Å²) in [5, 5.41) is 10.2. The summed E-state index contributed by atoms with van der Waals surface area (Å²) in [5.74, 6) is -0.847. The third kappa shape index (κ3) is 3.82. The van der Waals surface area contributed by atoms with Gasteiger partial charge >= 0.3 is 6.18 Å². The van der Waals surface area contributed by atoms with E-state index in [1.54, 1.807) is 12.2 Å². The van der Waals surface area contributed by atoms with Crippen molar-refractivity contribution in [3.8, 4) is 0 Å². The van der Waals surface area contributed by atoms with Crippen LogP contribution in [0.15, 0.2) is 60.7 Å². The minimum Gasteiger partial charge on any atom is -0.392 e. The maximum absolute atomic E-state index is 12.6. The molecular formula is C20H17F3O2. The smallest absolute Gasteiger partial charge is 0.392 e. The molecule has 0 spiro atoms. The molecule has 0 aliphatic heterocycles. The molecule has 1 aliphatic rings. The summed E-state index contributed by atoms with van der Waals surface area (Å²) in [6.45, 7) is 0. The van der Waals surface area contributed by atoms with Gasteiger partial charge in [-0.25, -0.2) is 0 Å². The second-order valence-corrected chi connectivity index (χ2v) is 6.18. The van der Waals surface area contributed by atoms with Crippen molar-refractivity contribution in [2.45, 2.75) is 24.6 Å². The molecule has 0 radical (unpaired) electrons. The average Bonchev–Trinajstić information content (AvgIpc) is 2.87. The fraction of sp³-hybridized carbons (Fsp3) is 0.250. The Hall–Kier alpha value is -2.40. The van der Waals surface area contributed by atoms with Crippen LogP contribution in [0.5, 0.6) is 0 Å². The predicted octanol–water partition coefficient (Wildman–Crippen LogP) is 4.45. The standard InChI is InChI=1S/C20H17F3O2/c21-20(22,23)15-9-6-13(7-10-15)8-11-16-17(24)12-18(25)19(16)14-4-2-1-3-5-14/h1-11,16-17,19,24H,12H2/b11-8+/t16-,17-,19+/m0/s1. The van der Waals surface area contributed by atoms with Crippen LogP contribution in [-0.4, -0.2) is 17.0 Å². The van der Waals surface area contributed by atoms with Crippen molar-refractivity contribution in [3.05, 3.63) is 77.4 Å². The van der Waals surface area contributed by atoms with Gasteiger partial charge in [-0.3, -0.25) is 4.79 Å². The van der Waals surface area contributed by atoms with E-state index in [-0.39, 0.29) is 12.2 Å². The number of Topliss-reactive ketones (excluding diaryl/α,β-unsaturated/α-hetero) is 1. The lowest BCUT2D eigenvalue weighted by molar-refractivity contribution is -0.137. The number of carbonyl (C=O) groups excluding carboxylic acids is 1. The van der Waals surface area contributed by atoms with Crippen LogP contribution in [0.4, 0.5) is 13.2 Å². The van der Waals surface area contributed by atoms with Gasteiger partial charge in [-0.2, -0.15) is 13.2 Å². The molecule has 5 heteroatoms. The van der Waals surface area contributed by atoms with Crippen LogP contribution in [0.2, 0.25) is 0 Å². The number of aliphatic hydroxyl groups is 1. The molecular weight excluding hydrogens is 329 g/mol. The summed E-state index contributed by atoms with van der Waals surface area (Å²) in [4.78, 5) is 12.2. The van der Waals surface area contributed by atoms with Crippen LogP contribution in [0.3, 0.4) is 0 Å². The highest BCUT2D eigenvalue weighted by Gasteiger charge is 2.40. The largest absolute Gasteiger partial charge is 0.416 e. The summed E-state index contributed by atoms with van der Waals surface area (Å²) in [6.07, 6.45) is -1.70. The van der Waals surface area contributed by atoms with E-state index in [2.05, 4.69) is 0 Å². The number of carbonyl (C=O) groups is 1. The number of alkyl halides is 3. The summed E-state index contributed by atoms with van der Waals surface area (Å²) in [5.41, 5.74) is 0.723. The van der Waals surface area contributed by atoms with E-state index in [1.165, 1.54) is 12.1 Å². The fourth-order valence-electron chi connectivity index (χ4n) is 3.22. The van der Waals surface area contributed by atoms with Crippen molar-refractivity contribution in [1.29, 1.82) is 0 Å². The Bertz CT molecular complexity index is 764. The molecule has 0 unspecified atom stereocenters. The summed E-state index contributed by atoms with van der Waals surface area (Å²) in [7, 11) is 0. The van der Waals surface area contributed by atoms with E-state index >= 15 is 0 Å². The van der Waals surface area contributed by atoms with Crippen molar-refractivity contribution >= 4 is 11.9 Å². The van der Waals surface area contributed by atoms with Crippen molar-refractivity contribution < 1.29 is 23.1 Å². The Morgan fingerprint density at radius 3 is 2.24 bits per heavy atom. The molecule has 1 fully saturated rings. The normalized spacial score (nSPS) is 24.2. The summed E-state index contributed by atoms with van der Waals surface area (Å²) >= 11 is 0. The minimum absolute atomic E-state index is 0.0271. The van der Waals surface area contributed by atoms with Crippen molar-refractivity contribution in [3.63, 3.8) is 0 Å². The highest BCUT2D eigenvalue weighted by atomic mass is 19.4. The molecule has 1 aliphatic carbocycles. The Kier molecular flexibility index (Phi) is 4.77. The molecule has 0 aromatic heterocycles. The average molecular weight is 346 g/mol. The second-order valence-electron chi connectivity index (χ2n) is 6.18. The van der Waals surface area contributed by atoms with Crippen LogP contribution in [0, 0.1) is 5.92 Å². The first kappa shape index (κ1) is 17.4. The molecule has 1 saturated carbocycles. The van der Waals surface area contributed by atoms with Gasteiger partial charge in [-0.1, -0.05) is 54.6 Å². The Labute approximate surface area is 143 Å². The predicted molar refractivity (Wildman–Crippen MR) is 88.8 cm³/mol. The summed E-state index contributed by atoms with van der Waals surface area (Å²) in [6, 6.07) is 14.0. The van der Waals surface area contributed by atoms with Crippen molar-refractivity contribution in [2.75, 3.05) is 0 Å². The minimum atomic E-state index is -4.37. The molecule has 3 rings (SSSR count). The molecule has 1 N–H and O–H groups in total. The van der Waals surface area contributed by atoms with Gasteiger partial charge in [0.15, 0.2) is 0 Å². The van der Waals surface area contributed by atoms with Crippen LogP contribution < -0.4 is 0 Å². The zero-order chi connectivity index (χ0) is 18.0. The molecule has 3 atom stereocenters. The molecule has 0 bridgehead atoms. The third-order valence-electron chi connectivity index (χ3n) is 4.49. The molecule has 2 aromatic rings. The number of hydrogen-bond acceptors (Lipinski definition) is 2. The third-order valence-corrected chi connectivity index (χ3v) is 4.49. The Morgan fingerprint density at radius 1 is 1.00 bits per heavy atom.